The molecule has 0 spiro atoms. The third-order valence-electron chi connectivity index (χ3n) is 3.13. The highest BCUT2D eigenvalue weighted by atomic mass is 16.5. The summed E-state index contributed by atoms with van der Waals surface area (Å²) in [5.41, 5.74) is 0.149. The first kappa shape index (κ1) is 15.7. The van der Waals surface area contributed by atoms with E-state index in [2.05, 4.69) is 5.32 Å². The Kier molecular flexibility index (Phi) is 5.99. The maximum atomic E-state index is 12.0. The van der Waals surface area contributed by atoms with E-state index < -0.39 is 5.54 Å². The fraction of sp³-hybridized carbons (Fsp3) is 0.533. The van der Waals surface area contributed by atoms with Gasteiger partial charge in [0, 0.05) is 20.1 Å². The predicted molar refractivity (Wildman–Crippen MR) is 74.7 cm³/mol. The van der Waals surface area contributed by atoms with Gasteiger partial charge in [-0.05, 0) is 18.4 Å². The van der Waals surface area contributed by atoms with Crippen molar-refractivity contribution in [3.63, 3.8) is 0 Å². The largest absolute Gasteiger partial charge is 0.394 e. The first-order valence-corrected chi connectivity index (χ1v) is 6.48. The molecule has 2 unspecified atom stereocenters. The summed E-state index contributed by atoms with van der Waals surface area (Å²) in [7, 11) is 1.62. The van der Waals surface area contributed by atoms with E-state index in [1.54, 1.807) is 7.11 Å². The number of benzene rings is 1. The van der Waals surface area contributed by atoms with Crippen molar-refractivity contribution in [2.24, 2.45) is 5.92 Å². The van der Waals surface area contributed by atoms with Crippen LogP contribution < -0.4 is 5.32 Å². The zero-order valence-electron chi connectivity index (χ0n) is 11.8. The molecule has 0 aromatic heterocycles. The molecule has 4 heteroatoms. The number of methoxy groups -OCH3 is 1. The third kappa shape index (κ3) is 4.65. The number of nitrogens with one attached hydrogen (secondary N) is 1. The lowest BCUT2D eigenvalue weighted by atomic mass is 9.92. The van der Waals surface area contributed by atoms with Crippen LogP contribution in [0.25, 0.3) is 0 Å². The van der Waals surface area contributed by atoms with Gasteiger partial charge in [0.15, 0.2) is 0 Å². The molecular weight excluding hydrogens is 242 g/mol. The molecule has 0 aliphatic carbocycles. The van der Waals surface area contributed by atoms with Gasteiger partial charge in [-0.2, -0.15) is 0 Å². The topological polar surface area (TPSA) is 58.6 Å². The Hall–Kier alpha value is -1.39. The Morgan fingerprint density at radius 2 is 2.05 bits per heavy atom. The zero-order chi connectivity index (χ0) is 14.3. The van der Waals surface area contributed by atoms with Crippen molar-refractivity contribution in [1.29, 1.82) is 0 Å². The zero-order valence-corrected chi connectivity index (χ0v) is 11.8. The molecule has 19 heavy (non-hydrogen) atoms. The number of aliphatic hydroxyl groups excluding tert-OH is 1. The van der Waals surface area contributed by atoms with E-state index in [4.69, 9.17) is 4.74 Å². The van der Waals surface area contributed by atoms with Crippen LogP contribution in [0, 0.1) is 5.92 Å². The van der Waals surface area contributed by atoms with Crippen molar-refractivity contribution in [1.82, 2.24) is 5.32 Å². The summed E-state index contributed by atoms with van der Waals surface area (Å²) in [5.74, 6) is 0.0775. The van der Waals surface area contributed by atoms with Crippen LogP contribution in [0.4, 0.5) is 0 Å². The number of rotatable bonds is 7. The summed E-state index contributed by atoms with van der Waals surface area (Å²) in [5, 5.41) is 12.5. The van der Waals surface area contributed by atoms with Crippen LogP contribution in [-0.2, 0) is 15.1 Å². The Morgan fingerprint density at radius 3 is 2.58 bits per heavy atom. The summed E-state index contributed by atoms with van der Waals surface area (Å²) in [6.45, 7) is 4.19. The van der Waals surface area contributed by atoms with Crippen molar-refractivity contribution in [3.8, 4) is 0 Å². The molecule has 0 radical (unpaired) electrons. The number of carbonyl (C=O) groups excluding carboxylic acids is 1. The molecule has 0 saturated heterocycles. The lowest BCUT2D eigenvalue weighted by molar-refractivity contribution is -0.124. The number of ether oxygens (including phenoxy) is 1. The molecular formula is C15H23NO3. The Balaban J connectivity index is 2.68. The van der Waals surface area contributed by atoms with Gasteiger partial charge in [0.1, 0.15) is 0 Å². The maximum Gasteiger partial charge on any atom is 0.221 e. The van der Waals surface area contributed by atoms with Gasteiger partial charge < -0.3 is 15.2 Å². The molecule has 2 atom stereocenters. The van der Waals surface area contributed by atoms with E-state index in [0.29, 0.717) is 13.0 Å². The first-order chi connectivity index (χ1) is 9.01. The van der Waals surface area contributed by atoms with Crippen LogP contribution in [-0.4, -0.2) is 31.3 Å². The highest BCUT2D eigenvalue weighted by molar-refractivity contribution is 5.77. The minimum Gasteiger partial charge on any atom is -0.394 e. The SMILES string of the molecule is COCC(C)CC(=O)NC(C)(CO)c1ccccc1. The van der Waals surface area contributed by atoms with E-state index >= 15 is 0 Å². The van der Waals surface area contributed by atoms with Crippen molar-refractivity contribution >= 4 is 5.91 Å². The molecule has 1 rings (SSSR count). The van der Waals surface area contributed by atoms with Crippen molar-refractivity contribution in [3.05, 3.63) is 35.9 Å². The number of amides is 1. The molecule has 1 amide bonds. The van der Waals surface area contributed by atoms with E-state index in [9.17, 15) is 9.90 Å². The lowest BCUT2D eigenvalue weighted by Gasteiger charge is -2.30. The van der Waals surface area contributed by atoms with Crippen LogP contribution in [0.1, 0.15) is 25.8 Å². The average molecular weight is 265 g/mol. The highest BCUT2D eigenvalue weighted by Gasteiger charge is 2.27. The Labute approximate surface area is 114 Å². The van der Waals surface area contributed by atoms with Crippen molar-refractivity contribution in [2.75, 3.05) is 20.3 Å². The monoisotopic (exact) mass is 265 g/mol. The van der Waals surface area contributed by atoms with Gasteiger partial charge in [-0.25, -0.2) is 0 Å². The van der Waals surface area contributed by atoms with Crippen LogP contribution in [0.3, 0.4) is 0 Å². The second-order valence-corrected chi connectivity index (χ2v) is 5.17. The normalized spacial score (nSPS) is 15.6. The smallest absolute Gasteiger partial charge is 0.221 e. The molecule has 0 fully saturated rings. The maximum absolute atomic E-state index is 12.0. The van der Waals surface area contributed by atoms with Gasteiger partial charge in [0.2, 0.25) is 5.91 Å². The molecule has 1 aromatic rings. The summed E-state index contributed by atoms with van der Waals surface area (Å²) >= 11 is 0. The molecule has 2 N–H and O–H groups in total. The Bertz CT molecular complexity index is 394. The predicted octanol–water partition coefficient (Wildman–Crippen LogP) is 1.68. The van der Waals surface area contributed by atoms with Crippen LogP contribution in [0.15, 0.2) is 30.3 Å². The second kappa shape index (κ2) is 7.26. The van der Waals surface area contributed by atoms with Crippen molar-refractivity contribution < 1.29 is 14.6 Å². The average Bonchev–Trinajstić information content (AvgIpc) is 2.39. The fourth-order valence-corrected chi connectivity index (χ4v) is 2.03. The molecule has 0 bridgehead atoms. The number of hydrogen-bond donors (Lipinski definition) is 2. The standard InChI is InChI=1S/C15H23NO3/c1-12(10-19-3)9-14(18)16-15(2,11-17)13-7-5-4-6-8-13/h4-8,12,17H,9-11H2,1-3H3,(H,16,18). The molecule has 1 aromatic carbocycles. The quantitative estimate of drug-likeness (QED) is 0.788. The molecule has 106 valence electrons. The minimum atomic E-state index is -0.745. The van der Waals surface area contributed by atoms with Crippen LogP contribution in [0.5, 0.6) is 0 Å². The molecule has 0 aliphatic heterocycles. The van der Waals surface area contributed by atoms with E-state index in [1.165, 1.54) is 0 Å². The number of aliphatic hydroxyl groups is 1. The van der Waals surface area contributed by atoms with Crippen LogP contribution >= 0.6 is 0 Å². The van der Waals surface area contributed by atoms with Crippen molar-refractivity contribution in [2.45, 2.75) is 25.8 Å². The molecule has 0 aliphatic rings. The van der Waals surface area contributed by atoms with Crippen LogP contribution in [0.2, 0.25) is 0 Å². The summed E-state index contributed by atoms with van der Waals surface area (Å²) < 4.78 is 5.02. The van der Waals surface area contributed by atoms with Gasteiger partial charge in [-0.3, -0.25) is 4.79 Å². The fourth-order valence-electron chi connectivity index (χ4n) is 2.03. The second-order valence-electron chi connectivity index (χ2n) is 5.17. The molecule has 0 saturated carbocycles. The molecule has 4 nitrogen and oxygen atoms in total. The Morgan fingerprint density at radius 1 is 1.42 bits per heavy atom. The highest BCUT2D eigenvalue weighted by Crippen LogP contribution is 2.20. The van der Waals surface area contributed by atoms with E-state index in [0.717, 1.165) is 5.56 Å². The summed E-state index contributed by atoms with van der Waals surface area (Å²) in [6, 6.07) is 9.49. The molecule has 0 heterocycles. The van der Waals surface area contributed by atoms with Gasteiger partial charge in [-0.1, -0.05) is 37.3 Å². The summed E-state index contributed by atoms with van der Waals surface area (Å²) in [6.07, 6.45) is 0.385. The minimum absolute atomic E-state index is 0.0787. The van der Waals surface area contributed by atoms with E-state index in [-0.39, 0.29) is 18.4 Å². The van der Waals surface area contributed by atoms with Gasteiger partial charge in [-0.15, -0.1) is 0 Å². The van der Waals surface area contributed by atoms with E-state index in [1.807, 2.05) is 44.2 Å². The number of carbonyl (C=O) groups is 1. The number of hydrogen-bond acceptors (Lipinski definition) is 3. The first-order valence-electron chi connectivity index (χ1n) is 6.48. The lowest BCUT2D eigenvalue weighted by Crippen LogP contribution is -2.46. The third-order valence-corrected chi connectivity index (χ3v) is 3.13. The summed E-state index contributed by atoms with van der Waals surface area (Å²) in [4.78, 5) is 12.0. The van der Waals surface area contributed by atoms with Gasteiger partial charge >= 0.3 is 0 Å². The van der Waals surface area contributed by atoms with Gasteiger partial charge in [0.25, 0.3) is 0 Å². The van der Waals surface area contributed by atoms with Gasteiger partial charge in [0.05, 0.1) is 12.1 Å².